The Balaban J connectivity index is 4.28. The average molecular weight is 553 g/mol. The van der Waals surface area contributed by atoms with Gasteiger partial charge >= 0.3 is 0 Å². The first-order valence-electron chi connectivity index (χ1n) is 14.4. The van der Waals surface area contributed by atoms with Crippen molar-refractivity contribution in [2.75, 3.05) is 0 Å². The van der Waals surface area contributed by atoms with Gasteiger partial charge in [0.1, 0.15) is 0 Å². The minimum absolute atomic E-state index is 1.23. The van der Waals surface area contributed by atoms with Crippen molar-refractivity contribution in [2.45, 2.75) is 136 Å². The largest absolute Gasteiger partial charge is 0.0717 e. The zero-order chi connectivity index (χ0) is 25.8. The van der Waals surface area contributed by atoms with Gasteiger partial charge < -0.3 is 0 Å². The van der Waals surface area contributed by atoms with Crippen molar-refractivity contribution in [1.29, 1.82) is 0 Å². The Morgan fingerprint density at radius 1 is 0.424 bits per heavy atom. The SMILES string of the molecule is CC[Si](CC)([Si](C)(C)C)[Si](CC)(CC)[Si](CC)(CC)[Si](CC)(CC)[Si](C)(C)c1ccccc1. The first kappa shape index (κ1) is 31.6. The van der Waals surface area contributed by atoms with Gasteiger partial charge in [0.2, 0.25) is 0 Å². The van der Waals surface area contributed by atoms with Crippen molar-refractivity contribution in [3.05, 3.63) is 30.3 Å². The molecule has 0 N–H and O–H groups in total. The normalized spacial score (nSPS) is 14.6. The van der Waals surface area contributed by atoms with Gasteiger partial charge in [-0.1, -0.05) is 172 Å². The molecule has 1 aromatic rings. The van der Waals surface area contributed by atoms with Gasteiger partial charge in [0, 0.05) is 36.0 Å². The number of benzene rings is 1. The Hall–Kier alpha value is 0.521. The second-order valence-electron chi connectivity index (χ2n) is 12.4. The molecule has 0 amide bonds. The highest BCUT2D eigenvalue weighted by Gasteiger charge is 2.73. The molecule has 0 radical (unpaired) electrons. The van der Waals surface area contributed by atoms with Gasteiger partial charge in [-0.05, 0) is 0 Å². The molecule has 0 heterocycles. The van der Waals surface area contributed by atoms with E-state index in [1.165, 1.54) is 0 Å². The van der Waals surface area contributed by atoms with Gasteiger partial charge in [-0.2, -0.15) is 0 Å². The Labute approximate surface area is 214 Å². The monoisotopic (exact) mass is 552 g/mol. The Morgan fingerprint density at radius 2 is 0.727 bits per heavy atom. The zero-order valence-electron chi connectivity index (χ0n) is 25.0. The summed E-state index contributed by atoms with van der Waals surface area (Å²) in [5, 5.41) is 1.79. The van der Waals surface area contributed by atoms with E-state index in [-0.39, 0.29) is 0 Å². The Morgan fingerprint density at radius 3 is 1.00 bits per heavy atom. The van der Waals surface area contributed by atoms with E-state index in [4.69, 9.17) is 0 Å². The molecule has 0 saturated heterocycles. The highest BCUT2D eigenvalue weighted by Crippen LogP contribution is 2.53. The maximum absolute atomic E-state index is 2.86. The lowest BCUT2D eigenvalue weighted by Gasteiger charge is -2.69. The average Bonchev–Trinajstić information content (AvgIpc) is 2.81. The van der Waals surface area contributed by atoms with Crippen LogP contribution in [0.15, 0.2) is 30.3 Å². The van der Waals surface area contributed by atoms with Crippen LogP contribution in [0.1, 0.15) is 55.4 Å². The molecule has 0 aliphatic rings. The third kappa shape index (κ3) is 4.34. The molecule has 0 saturated carbocycles. The quantitative estimate of drug-likeness (QED) is 0.202. The summed E-state index contributed by atoms with van der Waals surface area (Å²) in [7, 11) is -8.51. The van der Waals surface area contributed by atoms with Crippen LogP contribution in [0.4, 0.5) is 0 Å². The summed E-state index contributed by atoms with van der Waals surface area (Å²) < 4.78 is 0. The smallest absolute Gasteiger partial charge is 0.0716 e. The molecule has 1 aromatic carbocycles. The van der Waals surface area contributed by atoms with Crippen LogP contribution < -0.4 is 5.19 Å². The summed E-state index contributed by atoms with van der Waals surface area (Å²) in [5.41, 5.74) is 0. The lowest BCUT2D eigenvalue weighted by atomic mass is 10.4. The summed E-state index contributed by atoms with van der Waals surface area (Å²) >= 11 is 0. The van der Waals surface area contributed by atoms with Crippen LogP contribution >= 0.6 is 0 Å². The fourth-order valence-electron chi connectivity index (χ4n) is 10.4. The number of rotatable bonds is 14. The minimum Gasteiger partial charge on any atom is -0.0717 e. The fourth-order valence-corrected chi connectivity index (χ4v) is 194. The van der Waals surface area contributed by atoms with Crippen LogP contribution in [0.3, 0.4) is 0 Å². The fraction of sp³-hybridized carbons (Fsp3) is 0.778. The second kappa shape index (κ2) is 11.7. The molecule has 0 spiro atoms. The van der Waals surface area contributed by atoms with Crippen LogP contribution in [0.5, 0.6) is 0 Å². The van der Waals surface area contributed by atoms with Crippen LogP contribution in [-0.2, 0) is 0 Å². The summed E-state index contributed by atoms with van der Waals surface area (Å²) in [6, 6.07) is 24.8. The molecule has 0 unspecified atom stereocenters. The summed E-state index contributed by atoms with van der Waals surface area (Å²) in [6.45, 7) is 35.8. The molecule has 0 aliphatic carbocycles. The van der Waals surface area contributed by atoms with Crippen LogP contribution in [0.25, 0.3) is 0 Å². The van der Waals surface area contributed by atoms with Gasteiger partial charge in [-0.3, -0.25) is 0 Å². The van der Waals surface area contributed by atoms with E-state index in [2.05, 4.69) is 118 Å². The highest BCUT2D eigenvalue weighted by atomic mass is 30.0. The molecule has 192 valence electrons. The Bertz CT molecular complexity index is 706. The highest BCUT2D eigenvalue weighted by molar-refractivity contribution is 7.98. The minimum atomic E-state index is -1.57. The second-order valence-corrected chi connectivity index (χ2v) is 72.3. The standard InChI is InChI=1S/C27H60Si6/c1-14-30(15-2,28(9,10)11)32(18-5,19-6)33(20-7,21-8)31(16-3,17-4)29(12,13)27-25-23-22-24-26-27/h22-26H,14-21H2,1-13H3. The van der Waals surface area contributed by atoms with Gasteiger partial charge in [0.15, 0.2) is 0 Å². The maximum atomic E-state index is 2.86. The third-order valence-electron chi connectivity index (χ3n) is 11.7. The van der Waals surface area contributed by atoms with Crippen LogP contribution in [0, 0.1) is 0 Å². The predicted molar refractivity (Wildman–Crippen MR) is 174 cm³/mol. The van der Waals surface area contributed by atoms with Crippen LogP contribution in [-0.4, -0.2) is 43.6 Å². The van der Waals surface area contributed by atoms with E-state index in [1.807, 2.05) is 0 Å². The molecular formula is C27H60Si6. The van der Waals surface area contributed by atoms with E-state index in [1.54, 1.807) is 53.5 Å². The van der Waals surface area contributed by atoms with Gasteiger partial charge in [0.05, 0.1) is 7.59 Å². The maximum Gasteiger partial charge on any atom is 0.0716 e. The molecule has 33 heavy (non-hydrogen) atoms. The zero-order valence-corrected chi connectivity index (χ0v) is 31.0. The van der Waals surface area contributed by atoms with Crippen molar-refractivity contribution in [3.8, 4) is 0 Å². The van der Waals surface area contributed by atoms with Crippen LogP contribution in [0.2, 0.25) is 81.1 Å². The summed E-state index contributed by atoms with van der Waals surface area (Å²) in [6.07, 6.45) is 0. The van der Waals surface area contributed by atoms with E-state index >= 15 is 0 Å². The van der Waals surface area contributed by atoms with E-state index in [9.17, 15) is 0 Å². The van der Waals surface area contributed by atoms with E-state index < -0.39 is 43.6 Å². The lowest BCUT2D eigenvalue weighted by molar-refractivity contribution is 1.21. The molecule has 0 bridgehead atoms. The van der Waals surface area contributed by atoms with Gasteiger partial charge in [-0.25, -0.2) is 0 Å². The first-order valence-corrected chi connectivity index (χ1v) is 35.6. The van der Waals surface area contributed by atoms with Gasteiger partial charge in [-0.15, -0.1) is 0 Å². The molecule has 0 fully saturated rings. The Kier molecular flexibility index (Phi) is 11.2. The molecule has 0 atom stereocenters. The molecule has 1 rings (SSSR count). The topological polar surface area (TPSA) is 0 Å². The lowest BCUT2D eigenvalue weighted by Crippen LogP contribution is -2.94. The number of hydrogen-bond donors (Lipinski definition) is 0. The summed E-state index contributed by atoms with van der Waals surface area (Å²) in [4.78, 5) is 0. The number of hydrogen-bond acceptors (Lipinski definition) is 0. The van der Waals surface area contributed by atoms with Crippen molar-refractivity contribution in [1.82, 2.24) is 0 Å². The van der Waals surface area contributed by atoms with Crippen molar-refractivity contribution < 1.29 is 0 Å². The molecule has 6 heteroatoms. The predicted octanol–water partition coefficient (Wildman–Crippen LogP) is 9.29. The first-order chi connectivity index (χ1) is 15.3. The summed E-state index contributed by atoms with van der Waals surface area (Å²) in [5.74, 6) is 0. The molecule has 0 nitrogen and oxygen atoms in total. The van der Waals surface area contributed by atoms with Crippen molar-refractivity contribution >= 4 is 48.8 Å². The molecular weight excluding hydrogens is 493 g/mol. The van der Waals surface area contributed by atoms with Crippen molar-refractivity contribution in [2.24, 2.45) is 0 Å². The van der Waals surface area contributed by atoms with E-state index in [0.29, 0.717) is 0 Å². The molecule has 0 aliphatic heterocycles. The van der Waals surface area contributed by atoms with Gasteiger partial charge in [0.25, 0.3) is 0 Å². The van der Waals surface area contributed by atoms with E-state index in [0.717, 1.165) is 0 Å². The molecule has 0 aromatic heterocycles. The third-order valence-corrected chi connectivity index (χ3v) is 129. The van der Waals surface area contributed by atoms with Crippen molar-refractivity contribution in [3.63, 3.8) is 0 Å².